The number of ether oxygens (including phenoxy) is 3. The van der Waals surface area contributed by atoms with E-state index < -0.39 is 11.8 Å². The smallest absolute Gasteiger partial charge is 0.334 e. The summed E-state index contributed by atoms with van der Waals surface area (Å²) in [5.41, 5.74) is 1.61. The normalized spacial score (nSPS) is 28.3. The zero-order valence-electron chi connectivity index (χ0n) is 12.3. The molecule has 0 N–H and O–H groups in total. The van der Waals surface area contributed by atoms with Gasteiger partial charge in [0, 0.05) is 31.6 Å². The number of esters is 1. The Labute approximate surface area is 118 Å². The summed E-state index contributed by atoms with van der Waals surface area (Å²) in [6.45, 7) is 2.02. The number of rotatable bonds is 3. The average molecular weight is 280 g/mol. The van der Waals surface area contributed by atoms with Crippen molar-refractivity contribution in [2.45, 2.75) is 25.6 Å². The number of carbonyl (C=O) groups is 2. The molecule has 0 aromatic carbocycles. The van der Waals surface area contributed by atoms with Crippen molar-refractivity contribution in [2.24, 2.45) is 11.8 Å². The lowest BCUT2D eigenvalue weighted by atomic mass is 9.67. The standard InChI is InChI=1S/C15H20O5/c1-9-5-6-12-10(7-9)11(14(17)18-2)8-13(16)15(12,19-3)20-4/h5,8,10,12H,6-7H2,1-4H3/t10-,12-/m1/s1. The molecule has 2 aliphatic rings. The molecule has 0 heterocycles. The molecule has 0 fully saturated rings. The Morgan fingerprint density at radius 3 is 2.50 bits per heavy atom. The highest BCUT2D eigenvalue weighted by Crippen LogP contribution is 2.46. The first-order chi connectivity index (χ1) is 9.50. The van der Waals surface area contributed by atoms with Crippen molar-refractivity contribution in [1.29, 1.82) is 0 Å². The summed E-state index contributed by atoms with van der Waals surface area (Å²) in [4.78, 5) is 24.3. The molecule has 0 bridgehead atoms. The molecule has 0 unspecified atom stereocenters. The fourth-order valence-corrected chi connectivity index (χ4v) is 3.26. The van der Waals surface area contributed by atoms with Crippen LogP contribution < -0.4 is 0 Å². The van der Waals surface area contributed by atoms with Crippen LogP contribution in [0, 0.1) is 11.8 Å². The third-order valence-electron chi connectivity index (χ3n) is 4.29. The Balaban J connectivity index is 2.52. The lowest BCUT2D eigenvalue weighted by Crippen LogP contribution is -2.55. The molecule has 0 aliphatic heterocycles. The van der Waals surface area contributed by atoms with Crippen LogP contribution in [0.5, 0.6) is 0 Å². The van der Waals surface area contributed by atoms with Crippen LogP contribution in [-0.4, -0.2) is 38.9 Å². The number of hydrogen-bond donors (Lipinski definition) is 0. The maximum atomic E-state index is 12.4. The third kappa shape index (κ3) is 2.11. The van der Waals surface area contributed by atoms with Crippen LogP contribution in [0.1, 0.15) is 19.8 Å². The van der Waals surface area contributed by atoms with E-state index in [1.165, 1.54) is 33.0 Å². The monoisotopic (exact) mass is 280 g/mol. The lowest BCUT2D eigenvalue weighted by molar-refractivity contribution is -0.235. The van der Waals surface area contributed by atoms with E-state index in [-0.39, 0.29) is 17.6 Å². The number of allylic oxidation sites excluding steroid dienone is 2. The molecule has 20 heavy (non-hydrogen) atoms. The first-order valence-electron chi connectivity index (χ1n) is 6.60. The van der Waals surface area contributed by atoms with Gasteiger partial charge < -0.3 is 14.2 Å². The van der Waals surface area contributed by atoms with Crippen molar-refractivity contribution < 1.29 is 23.8 Å². The molecule has 0 aromatic heterocycles. The molecule has 2 atom stereocenters. The molecule has 2 rings (SSSR count). The number of fused-ring (bicyclic) bond motifs is 1. The Morgan fingerprint density at radius 1 is 1.30 bits per heavy atom. The summed E-state index contributed by atoms with van der Waals surface area (Å²) in [7, 11) is 4.24. The van der Waals surface area contributed by atoms with E-state index in [1.807, 2.05) is 6.92 Å². The van der Waals surface area contributed by atoms with Crippen molar-refractivity contribution in [3.8, 4) is 0 Å². The molecule has 2 aliphatic carbocycles. The minimum absolute atomic E-state index is 0.120. The maximum Gasteiger partial charge on any atom is 0.334 e. The Kier molecular flexibility index (Phi) is 4.11. The first kappa shape index (κ1) is 14.9. The van der Waals surface area contributed by atoms with Gasteiger partial charge in [-0.1, -0.05) is 11.6 Å². The molecule has 0 saturated carbocycles. The van der Waals surface area contributed by atoms with Crippen molar-refractivity contribution in [2.75, 3.05) is 21.3 Å². The second kappa shape index (κ2) is 5.50. The lowest BCUT2D eigenvalue weighted by Gasteiger charge is -2.45. The molecule has 0 amide bonds. The van der Waals surface area contributed by atoms with Crippen molar-refractivity contribution >= 4 is 11.8 Å². The van der Waals surface area contributed by atoms with E-state index in [0.717, 1.165) is 0 Å². The predicted octanol–water partition coefficient (Wildman–Crippen LogP) is 1.63. The second-order valence-corrected chi connectivity index (χ2v) is 5.23. The largest absolute Gasteiger partial charge is 0.466 e. The van der Waals surface area contributed by atoms with Gasteiger partial charge in [0.2, 0.25) is 11.6 Å². The van der Waals surface area contributed by atoms with Gasteiger partial charge in [0.1, 0.15) is 0 Å². The molecular weight excluding hydrogens is 260 g/mol. The highest BCUT2D eigenvalue weighted by molar-refractivity contribution is 6.05. The molecule has 0 saturated heterocycles. The zero-order chi connectivity index (χ0) is 14.9. The SMILES string of the molecule is COC(=O)C1=CC(=O)C(OC)(OC)[C@@H]2CC=C(C)C[C@H]12. The van der Waals surface area contributed by atoms with Gasteiger partial charge in [0.05, 0.1) is 7.11 Å². The Bertz CT molecular complexity index is 484. The molecule has 0 spiro atoms. The average Bonchev–Trinajstić information content (AvgIpc) is 2.46. The Morgan fingerprint density at radius 2 is 1.95 bits per heavy atom. The first-order valence-corrected chi connectivity index (χ1v) is 6.60. The number of hydrogen-bond acceptors (Lipinski definition) is 5. The van der Waals surface area contributed by atoms with Crippen molar-refractivity contribution in [3.63, 3.8) is 0 Å². The van der Waals surface area contributed by atoms with Crippen LogP contribution in [0.15, 0.2) is 23.3 Å². The van der Waals surface area contributed by atoms with Gasteiger partial charge in [-0.2, -0.15) is 0 Å². The molecule has 5 nitrogen and oxygen atoms in total. The van der Waals surface area contributed by atoms with Gasteiger partial charge in [-0.3, -0.25) is 4.79 Å². The van der Waals surface area contributed by atoms with Gasteiger partial charge in [-0.15, -0.1) is 0 Å². The van der Waals surface area contributed by atoms with E-state index in [4.69, 9.17) is 14.2 Å². The van der Waals surface area contributed by atoms with Crippen LogP contribution in [-0.2, 0) is 23.8 Å². The van der Waals surface area contributed by atoms with Crippen LogP contribution in [0.25, 0.3) is 0 Å². The molecule has 110 valence electrons. The molecule has 0 aromatic rings. The van der Waals surface area contributed by atoms with Gasteiger partial charge in [0.25, 0.3) is 0 Å². The van der Waals surface area contributed by atoms with Crippen LogP contribution >= 0.6 is 0 Å². The number of carbonyl (C=O) groups excluding carboxylic acids is 2. The van der Waals surface area contributed by atoms with Crippen LogP contribution in [0.4, 0.5) is 0 Å². The number of methoxy groups -OCH3 is 3. The summed E-state index contributed by atoms with van der Waals surface area (Å²) in [6, 6.07) is 0. The van der Waals surface area contributed by atoms with E-state index >= 15 is 0 Å². The minimum atomic E-state index is -1.31. The van der Waals surface area contributed by atoms with Crippen LogP contribution in [0.3, 0.4) is 0 Å². The fourth-order valence-electron chi connectivity index (χ4n) is 3.26. The molecule has 5 heteroatoms. The quantitative estimate of drug-likeness (QED) is 0.447. The van der Waals surface area contributed by atoms with Gasteiger partial charge in [-0.05, 0) is 25.8 Å². The van der Waals surface area contributed by atoms with Gasteiger partial charge in [0.15, 0.2) is 0 Å². The maximum absolute atomic E-state index is 12.4. The van der Waals surface area contributed by atoms with E-state index in [9.17, 15) is 9.59 Å². The summed E-state index contributed by atoms with van der Waals surface area (Å²) in [5, 5.41) is 0. The fraction of sp³-hybridized carbons (Fsp3) is 0.600. The van der Waals surface area contributed by atoms with Crippen LogP contribution in [0.2, 0.25) is 0 Å². The van der Waals surface area contributed by atoms with Crippen molar-refractivity contribution in [1.82, 2.24) is 0 Å². The number of ketones is 1. The van der Waals surface area contributed by atoms with Crippen molar-refractivity contribution in [3.05, 3.63) is 23.3 Å². The summed E-state index contributed by atoms with van der Waals surface area (Å²) in [6.07, 6.45) is 4.73. The molecule has 0 radical (unpaired) electrons. The summed E-state index contributed by atoms with van der Waals surface area (Å²) >= 11 is 0. The Hall–Kier alpha value is -1.46. The molecular formula is C15H20O5. The van der Waals surface area contributed by atoms with E-state index in [2.05, 4.69) is 6.08 Å². The van der Waals surface area contributed by atoms with Gasteiger partial charge in [-0.25, -0.2) is 4.79 Å². The minimum Gasteiger partial charge on any atom is -0.466 e. The van der Waals surface area contributed by atoms with E-state index in [0.29, 0.717) is 18.4 Å². The zero-order valence-corrected chi connectivity index (χ0v) is 12.3. The highest BCUT2D eigenvalue weighted by Gasteiger charge is 2.54. The third-order valence-corrected chi connectivity index (χ3v) is 4.29. The highest BCUT2D eigenvalue weighted by atomic mass is 16.7. The topological polar surface area (TPSA) is 61.8 Å². The van der Waals surface area contributed by atoms with E-state index in [1.54, 1.807) is 0 Å². The summed E-state index contributed by atoms with van der Waals surface area (Å²) < 4.78 is 15.6. The second-order valence-electron chi connectivity index (χ2n) is 5.23. The van der Waals surface area contributed by atoms with Gasteiger partial charge >= 0.3 is 5.97 Å². The summed E-state index contributed by atoms with van der Waals surface area (Å²) in [5.74, 6) is -2.43. The predicted molar refractivity (Wildman–Crippen MR) is 71.8 cm³/mol.